The van der Waals surface area contributed by atoms with Gasteiger partial charge in [-0.25, -0.2) is 4.79 Å². The number of carbonyl (C=O) groups excluding carboxylic acids is 1. The lowest BCUT2D eigenvalue weighted by Gasteiger charge is -2.23. The molecule has 0 spiro atoms. The molecule has 31 heavy (non-hydrogen) atoms. The van der Waals surface area contributed by atoms with Crippen LogP contribution in [0.4, 0.5) is 11.5 Å². The molecular weight excluding hydrogens is 394 g/mol. The fourth-order valence-corrected chi connectivity index (χ4v) is 3.45. The predicted octanol–water partition coefficient (Wildman–Crippen LogP) is 2.92. The molecule has 0 unspecified atom stereocenters. The molecule has 0 fully saturated rings. The van der Waals surface area contributed by atoms with Crippen molar-refractivity contribution >= 4 is 34.4 Å². The Balaban J connectivity index is 2.00. The van der Waals surface area contributed by atoms with E-state index in [9.17, 15) is 14.4 Å². The van der Waals surface area contributed by atoms with Gasteiger partial charge < -0.3 is 10.6 Å². The normalized spacial score (nSPS) is 11.3. The number of nitrogens with two attached hydrogens (primary N) is 1. The largest absolute Gasteiger partial charge is 0.383 e. The van der Waals surface area contributed by atoms with Crippen molar-refractivity contribution in [1.29, 1.82) is 0 Å². The molecule has 0 aliphatic carbocycles. The maximum Gasteiger partial charge on any atom is 0.330 e. The van der Waals surface area contributed by atoms with Crippen LogP contribution < -0.4 is 21.9 Å². The fraction of sp³-hybridized carbons (Fsp3) is 0.304. The number of hydrogen-bond acceptors (Lipinski definition) is 5. The molecule has 1 amide bonds. The van der Waals surface area contributed by atoms with E-state index >= 15 is 0 Å². The van der Waals surface area contributed by atoms with E-state index in [0.717, 1.165) is 29.3 Å². The molecular formula is C23H27N5O3. The maximum atomic E-state index is 13.1. The minimum Gasteiger partial charge on any atom is -0.383 e. The van der Waals surface area contributed by atoms with E-state index < -0.39 is 17.2 Å². The minimum atomic E-state index is -0.669. The zero-order valence-corrected chi connectivity index (χ0v) is 17.8. The number of hydrogen-bond donors (Lipinski definition) is 2. The summed E-state index contributed by atoms with van der Waals surface area (Å²) >= 11 is 0. The molecule has 3 aromatic rings. The number of fused-ring (bicyclic) bond motifs is 1. The summed E-state index contributed by atoms with van der Waals surface area (Å²) in [6.45, 7) is 4.55. The Morgan fingerprint density at radius 1 is 1.19 bits per heavy atom. The smallest absolute Gasteiger partial charge is 0.330 e. The number of aromatic nitrogens is 3. The number of nitrogens with one attached hydrogen (secondary N) is 1. The average molecular weight is 422 g/mol. The van der Waals surface area contributed by atoms with Crippen LogP contribution in [-0.2, 0) is 11.3 Å². The monoisotopic (exact) mass is 421 g/mol. The van der Waals surface area contributed by atoms with Gasteiger partial charge in [-0.3, -0.25) is 24.1 Å². The van der Waals surface area contributed by atoms with Crippen molar-refractivity contribution < 1.29 is 4.79 Å². The third-order valence-electron chi connectivity index (χ3n) is 5.00. The van der Waals surface area contributed by atoms with Crippen LogP contribution >= 0.6 is 0 Å². The lowest BCUT2D eigenvalue weighted by Crippen LogP contribution is -2.41. The first kappa shape index (κ1) is 22.0. The number of pyridine rings is 1. The van der Waals surface area contributed by atoms with Gasteiger partial charge >= 0.3 is 5.69 Å². The zero-order valence-electron chi connectivity index (χ0n) is 17.8. The third-order valence-corrected chi connectivity index (χ3v) is 5.00. The second-order valence-electron chi connectivity index (χ2n) is 7.24. The first-order valence-corrected chi connectivity index (χ1v) is 10.4. The molecule has 0 saturated heterocycles. The molecule has 1 aromatic carbocycles. The lowest BCUT2D eigenvalue weighted by atomic mass is 10.1. The molecule has 0 aliphatic rings. The Hall–Kier alpha value is -3.68. The molecule has 2 aromatic heterocycles. The number of unbranched alkanes of at least 4 members (excludes halogenated alkanes) is 1. The van der Waals surface area contributed by atoms with Gasteiger partial charge in [-0.2, -0.15) is 0 Å². The van der Waals surface area contributed by atoms with E-state index in [1.54, 1.807) is 12.3 Å². The SMILES string of the molecule is CCCCn1c(N)c(N(CCC)C(=O)/C=C/c2cccc3cccnc23)c(=O)[nH]c1=O. The van der Waals surface area contributed by atoms with E-state index in [1.165, 1.54) is 15.5 Å². The number of nitrogens with zero attached hydrogens (tertiary/aromatic N) is 3. The van der Waals surface area contributed by atoms with E-state index in [2.05, 4.69) is 9.97 Å². The highest BCUT2D eigenvalue weighted by atomic mass is 16.2. The molecule has 8 heteroatoms. The van der Waals surface area contributed by atoms with Gasteiger partial charge in [0.15, 0.2) is 5.69 Å². The summed E-state index contributed by atoms with van der Waals surface area (Å²) in [6.07, 6.45) is 6.98. The summed E-state index contributed by atoms with van der Waals surface area (Å²) in [5.41, 5.74) is 6.53. The van der Waals surface area contributed by atoms with Crippen molar-refractivity contribution in [3.63, 3.8) is 0 Å². The van der Waals surface area contributed by atoms with Crippen molar-refractivity contribution in [3.8, 4) is 0 Å². The van der Waals surface area contributed by atoms with E-state index in [-0.39, 0.29) is 18.1 Å². The van der Waals surface area contributed by atoms with E-state index in [0.29, 0.717) is 13.0 Å². The average Bonchev–Trinajstić information content (AvgIpc) is 2.76. The lowest BCUT2D eigenvalue weighted by molar-refractivity contribution is -0.114. The van der Waals surface area contributed by atoms with Crippen LogP contribution in [0.15, 0.2) is 52.2 Å². The molecule has 0 aliphatic heterocycles. The molecule has 0 bridgehead atoms. The number of rotatable bonds is 8. The van der Waals surface area contributed by atoms with Gasteiger partial charge in [0.05, 0.1) is 5.52 Å². The Morgan fingerprint density at radius 2 is 1.97 bits per heavy atom. The Morgan fingerprint density at radius 3 is 2.71 bits per heavy atom. The van der Waals surface area contributed by atoms with Gasteiger partial charge in [0, 0.05) is 36.3 Å². The van der Waals surface area contributed by atoms with Gasteiger partial charge in [0.1, 0.15) is 5.82 Å². The highest BCUT2D eigenvalue weighted by molar-refractivity contribution is 6.06. The van der Waals surface area contributed by atoms with Crippen molar-refractivity contribution in [2.75, 3.05) is 17.2 Å². The van der Waals surface area contributed by atoms with Gasteiger partial charge in [-0.15, -0.1) is 0 Å². The molecule has 3 rings (SSSR count). The van der Waals surface area contributed by atoms with Crippen molar-refractivity contribution in [2.45, 2.75) is 39.7 Å². The van der Waals surface area contributed by atoms with E-state index in [1.807, 2.05) is 44.2 Å². The third kappa shape index (κ3) is 4.74. The van der Waals surface area contributed by atoms with Gasteiger partial charge in [0.25, 0.3) is 11.5 Å². The number of amides is 1. The Bertz CT molecular complexity index is 1220. The van der Waals surface area contributed by atoms with E-state index in [4.69, 9.17) is 5.73 Å². The van der Waals surface area contributed by atoms with Gasteiger partial charge in [0.2, 0.25) is 0 Å². The first-order chi connectivity index (χ1) is 15.0. The van der Waals surface area contributed by atoms with Crippen LogP contribution in [0.2, 0.25) is 0 Å². The number of aromatic amines is 1. The summed E-state index contributed by atoms with van der Waals surface area (Å²) in [6, 6.07) is 9.52. The molecule has 2 heterocycles. The summed E-state index contributed by atoms with van der Waals surface area (Å²) in [4.78, 5) is 45.9. The van der Waals surface area contributed by atoms with Crippen molar-refractivity contribution in [1.82, 2.24) is 14.5 Å². The van der Waals surface area contributed by atoms with Crippen LogP contribution in [-0.4, -0.2) is 27.0 Å². The first-order valence-electron chi connectivity index (χ1n) is 10.4. The van der Waals surface area contributed by atoms with Crippen LogP contribution in [0.3, 0.4) is 0 Å². The van der Waals surface area contributed by atoms with Crippen LogP contribution in [0.25, 0.3) is 17.0 Å². The van der Waals surface area contributed by atoms with Crippen molar-refractivity contribution in [3.05, 3.63) is 69.0 Å². The highest BCUT2D eigenvalue weighted by Gasteiger charge is 2.22. The summed E-state index contributed by atoms with van der Waals surface area (Å²) in [5.74, 6) is -0.392. The number of H-pyrrole nitrogens is 1. The molecule has 162 valence electrons. The highest BCUT2D eigenvalue weighted by Crippen LogP contribution is 2.20. The number of para-hydroxylation sites is 1. The Kier molecular flexibility index (Phi) is 7.02. The fourth-order valence-electron chi connectivity index (χ4n) is 3.45. The van der Waals surface area contributed by atoms with Gasteiger partial charge in [-0.1, -0.05) is 44.5 Å². The minimum absolute atomic E-state index is 0.00301. The molecule has 0 radical (unpaired) electrons. The molecule has 0 atom stereocenters. The topological polar surface area (TPSA) is 114 Å². The molecule has 8 nitrogen and oxygen atoms in total. The van der Waals surface area contributed by atoms with Crippen LogP contribution in [0.1, 0.15) is 38.7 Å². The second-order valence-corrected chi connectivity index (χ2v) is 7.24. The quantitative estimate of drug-likeness (QED) is 0.543. The maximum absolute atomic E-state index is 13.1. The summed E-state index contributed by atoms with van der Waals surface area (Å²) in [5, 5.41) is 0.964. The van der Waals surface area contributed by atoms with Crippen molar-refractivity contribution in [2.24, 2.45) is 0 Å². The van der Waals surface area contributed by atoms with Crippen LogP contribution in [0, 0.1) is 0 Å². The standard InChI is InChI=1S/C23H27N5O3/c1-3-5-15-28-21(24)20(22(30)26-23(28)31)27(14-4-2)18(29)12-11-17-9-6-8-16-10-7-13-25-19(16)17/h6-13H,3-5,14-15,24H2,1-2H3,(H,26,30,31)/b12-11+. The summed E-state index contributed by atoms with van der Waals surface area (Å²) < 4.78 is 1.31. The number of benzene rings is 1. The number of anilines is 2. The number of carbonyl (C=O) groups is 1. The predicted molar refractivity (Wildman–Crippen MR) is 124 cm³/mol. The summed E-state index contributed by atoms with van der Waals surface area (Å²) in [7, 11) is 0. The molecule has 0 saturated carbocycles. The van der Waals surface area contributed by atoms with Crippen LogP contribution in [0.5, 0.6) is 0 Å². The van der Waals surface area contributed by atoms with Gasteiger partial charge in [-0.05, 0) is 25.0 Å². The second kappa shape index (κ2) is 9.88. The Labute approximate surface area is 180 Å². The zero-order chi connectivity index (χ0) is 22.4. The number of nitrogen functional groups attached to an aromatic ring is 1. The molecule has 3 N–H and O–H groups in total.